The minimum absolute atomic E-state index is 0.277. The van der Waals surface area contributed by atoms with Gasteiger partial charge in [0.05, 0.1) is 11.5 Å². The second kappa shape index (κ2) is 5.62. The number of nitrogens with zero attached hydrogens (tertiary/aromatic N) is 1. The highest BCUT2D eigenvalue weighted by Gasteiger charge is 2.55. The maximum absolute atomic E-state index is 6.37. The van der Waals surface area contributed by atoms with E-state index in [4.69, 9.17) is 4.74 Å². The highest BCUT2D eigenvalue weighted by molar-refractivity contribution is 5.74. The minimum atomic E-state index is -0.277. The molecule has 0 saturated heterocycles. The van der Waals surface area contributed by atoms with Crippen LogP contribution in [0.25, 0.3) is 0 Å². The van der Waals surface area contributed by atoms with Crippen molar-refractivity contribution < 1.29 is 4.74 Å². The van der Waals surface area contributed by atoms with Crippen molar-refractivity contribution in [1.29, 1.82) is 0 Å². The molecule has 2 aliphatic heterocycles. The van der Waals surface area contributed by atoms with Crippen molar-refractivity contribution in [2.75, 3.05) is 11.9 Å². The molecular formula is C26H21NO. The Labute approximate surface area is 165 Å². The van der Waals surface area contributed by atoms with Crippen LogP contribution >= 0.6 is 0 Å². The first kappa shape index (κ1) is 15.8. The number of allylic oxidation sites excluding steroid dienone is 2. The molecule has 136 valence electrons. The van der Waals surface area contributed by atoms with Crippen molar-refractivity contribution in [2.45, 2.75) is 11.5 Å². The Bertz CT molecular complexity index is 1100. The molecule has 0 aromatic heterocycles. The SMILES string of the molecule is CN1c2ccccc2C2(c3ccccc3Oc3ccccc32)C2C=CC=CC21. The summed E-state index contributed by atoms with van der Waals surface area (Å²) in [5.74, 6) is 2.20. The molecule has 2 atom stereocenters. The molecule has 2 heterocycles. The van der Waals surface area contributed by atoms with Gasteiger partial charge in [-0.05, 0) is 23.8 Å². The molecule has 2 heteroatoms. The molecule has 2 nitrogen and oxygen atoms in total. The van der Waals surface area contributed by atoms with Gasteiger partial charge in [0.2, 0.25) is 0 Å². The number of hydrogen-bond acceptors (Lipinski definition) is 2. The van der Waals surface area contributed by atoms with E-state index < -0.39 is 0 Å². The quantitative estimate of drug-likeness (QED) is 0.509. The van der Waals surface area contributed by atoms with E-state index in [-0.39, 0.29) is 11.3 Å². The summed E-state index contributed by atoms with van der Waals surface area (Å²) >= 11 is 0. The first-order chi connectivity index (χ1) is 13.8. The van der Waals surface area contributed by atoms with E-state index in [9.17, 15) is 0 Å². The van der Waals surface area contributed by atoms with Crippen LogP contribution in [0.5, 0.6) is 11.5 Å². The molecule has 1 aliphatic carbocycles. The number of benzene rings is 3. The van der Waals surface area contributed by atoms with Crippen LogP contribution in [-0.4, -0.2) is 13.1 Å². The van der Waals surface area contributed by atoms with Gasteiger partial charge in [0, 0.05) is 29.8 Å². The third-order valence-electron chi connectivity index (χ3n) is 6.61. The van der Waals surface area contributed by atoms with Crippen molar-refractivity contribution in [2.24, 2.45) is 5.92 Å². The van der Waals surface area contributed by atoms with Crippen LogP contribution in [0.3, 0.4) is 0 Å². The molecule has 3 aromatic rings. The number of hydrogen-bond donors (Lipinski definition) is 0. The van der Waals surface area contributed by atoms with Gasteiger partial charge in [0.1, 0.15) is 11.5 Å². The molecule has 0 saturated carbocycles. The Morgan fingerprint density at radius 2 is 1.29 bits per heavy atom. The van der Waals surface area contributed by atoms with Crippen LogP contribution < -0.4 is 9.64 Å². The normalized spacial score (nSPS) is 22.7. The zero-order valence-electron chi connectivity index (χ0n) is 15.7. The highest BCUT2D eigenvalue weighted by Crippen LogP contribution is 2.61. The first-order valence-electron chi connectivity index (χ1n) is 9.86. The van der Waals surface area contributed by atoms with Crippen molar-refractivity contribution >= 4 is 5.69 Å². The van der Waals surface area contributed by atoms with Gasteiger partial charge in [-0.1, -0.05) is 78.9 Å². The summed E-state index contributed by atoms with van der Waals surface area (Å²) < 4.78 is 6.37. The Kier molecular flexibility index (Phi) is 3.16. The van der Waals surface area contributed by atoms with Crippen LogP contribution in [0.2, 0.25) is 0 Å². The van der Waals surface area contributed by atoms with E-state index in [2.05, 4.69) is 109 Å². The number of ether oxygens (including phenoxy) is 1. The summed E-state index contributed by atoms with van der Waals surface area (Å²) in [4.78, 5) is 2.42. The summed E-state index contributed by atoms with van der Waals surface area (Å²) in [6.07, 6.45) is 9.10. The lowest BCUT2D eigenvalue weighted by atomic mass is 9.55. The predicted octanol–water partition coefficient (Wildman–Crippen LogP) is 5.69. The fraction of sp³-hybridized carbons (Fsp3) is 0.154. The monoisotopic (exact) mass is 363 g/mol. The van der Waals surface area contributed by atoms with Crippen molar-refractivity contribution in [3.63, 3.8) is 0 Å². The molecule has 28 heavy (non-hydrogen) atoms. The van der Waals surface area contributed by atoms with Crippen LogP contribution in [0.15, 0.2) is 97.1 Å². The molecule has 0 fully saturated rings. The molecule has 6 rings (SSSR count). The average Bonchev–Trinajstić information content (AvgIpc) is 2.77. The summed E-state index contributed by atoms with van der Waals surface area (Å²) in [5, 5.41) is 0. The van der Waals surface area contributed by atoms with Gasteiger partial charge in [-0.3, -0.25) is 0 Å². The smallest absolute Gasteiger partial charge is 0.131 e. The van der Waals surface area contributed by atoms with Crippen molar-refractivity contribution in [1.82, 2.24) is 0 Å². The lowest BCUT2D eigenvalue weighted by Gasteiger charge is -2.54. The predicted molar refractivity (Wildman–Crippen MR) is 113 cm³/mol. The molecule has 3 aliphatic rings. The van der Waals surface area contributed by atoms with Crippen LogP contribution in [0.1, 0.15) is 16.7 Å². The van der Waals surface area contributed by atoms with Gasteiger partial charge in [-0.25, -0.2) is 0 Å². The second-order valence-electron chi connectivity index (χ2n) is 7.82. The Balaban J connectivity index is 1.80. The Morgan fingerprint density at radius 1 is 0.714 bits per heavy atom. The summed E-state index contributed by atoms with van der Waals surface area (Å²) in [7, 11) is 2.21. The topological polar surface area (TPSA) is 12.5 Å². The van der Waals surface area contributed by atoms with Gasteiger partial charge >= 0.3 is 0 Å². The number of rotatable bonds is 0. The number of fused-ring (bicyclic) bond motifs is 8. The number of para-hydroxylation sites is 3. The molecule has 0 N–H and O–H groups in total. The van der Waals surface area contributed by atoms with Gasteiger partial charge in [0.25, 0.3) is 0 Å². The van der Waals surface area contributed by atoms with Gasteiger partial charge in [0.15, 0.2) is 0 Å². The number of anilines is 1. The molecule has 0 amide bonds. The van der Waals surface area contributed by atoms with Gasteiger partial charge < -0.3 is 9.64 Å². The van der Waals surface area contributed by atoms with Crippen LogP contribution in [-0.2, 0) is 5.41 Å². The molecule has 1 spiro atoms. The van der Waals surface area contributed by atoms with Crippen LogP contribution in [0, 0.1) is 5.92 Å². The second-order valence-corrected chi connectivity index (χ2v) is 7.82. The Hall–Kier alpha value is -3.26. The Morgan fingerprint density at radius 3 is 2.00 bits per heavy atom. The van der Waals surface area contributed by atoms with E-state index in [1.54, 1.807) is 0 Å². The fourth-order valence-corrected chi connectivity index (χ4v) is 5.50. The maximum Gasteiger partial charge on any atom is 0.131 e. The maximum atomic E-state index is 6.37. The molecule has 0 bridgehead atoms. The molecule has 0 radical (unpaired) electrons. The van der Waals surface area contributed by atoms with Crippen molar-refractivity contribution in [3.05, 3.63) is 114 Å². The van der Waals surface area contributed by atoms with E-state index in [1.165, 1.54) is 22.4 Å². The summed E-state index contributed by atoms with van der Waals surface area (Å²) in [6, 6.07) is 26.2. The average molecular weight is 363 g/mol. The van der Waals surface area contributed by atoms with E-state index in [0.717, 1.165) is 11.5 Å². The van der Waals surface area contributed by atoms with Gasteiger partial charge in [-0.2, -0.15) is 0 Å². The molecule has 3 aromatic carbocycles. The summed E-state index contributed by atoms with van der Waals surface area (Å²) in [6.45, 7) is 0. The standard InChI is InChI=1S/C26H21NO/c1-27-22-14-6-2-10-18(22)26(19-11-3-7-15-23(19)27)20-12-4-8-16-24(20)28-25-17-9-5-13-21(25)26/h2-18,22H,1H3. The van der Waals surface area contributed by atoms with E-state index in [1.807, 2.05) is 0 Å². The fourth-order valence-electron chi connectivity index (χ4n) is 5.50. The molecular weight excluding hydrogens is 342 g/mol. The third-order valence-corrected chi connectivity index (χ3v) is 6.61. The van der Waals surface area contributed by atoms with Crippen molar-refractivity contribution in [3.8, 4) is 11.5 Å². The largest absolute Gasteiger partial charge is 0.457 e. The number of likely N-dealkylation sites (N-methyl/N-ethyl adjacent to an activating group) is 1. The lowest BCUT2D eigenvalue weighted by Crippen LogP contribution is -2.54. The minimum Gasteiger partial charge on any atom is -0.457 e. The zero-order valence-corrected chi connectivity index (χ0v) is 15.7. The van der Waals surface area contributed by atoms with Gasteiger partial charge in [-0.15, -0.1) is 0 Å². The highest BCUT2D eigenvalue weighted by atomic mass is 16.5. The van der Waals surface area contributed by atoms with Crippen LogP contribution in [0.4, 0.5) is 5.69 Å². The first-order valence-corrected chi connectivity index (χ1v) is 9.86. The van der Waals surface area contributed by atoms with E-state index >= 15 is 0 Å². The van der Waals surface area contributed by atoms with E-state index in [0.29, 0.717) is 6.04 Å². The lowest BCUT2D eigenvalue weighted by molar-refractivity contribution is 0.332. The molecule has 2 unspecified atom stereocenters. The zero-order chi connectivity index (χ0) is 18.7. The third kappa shape index (κ3) is 1.83. The summed E-state index contributed by atoms with van der Waals surface area (Å²) in [5.41, 5.74) is 4.87.